The van der Waals surface area contributed by atoms with E-state index in [-0.39, 0.29) is 15.9 Å². The average molecular weight is 433 g/mol. The summed E-state index contributed by atoms with van der Waals surface area (Å²) in [5.41, 5.74) is -0.324. The SMILES string of the molecule is CC(C)(C)C12OOC1(c1cc3cc(O[Si](C)(C)C(C)(C)C)ccc3o1)OCC2(C)C. The number of rotatable bonds is 3. The molecule has 3 heterocycles. The van der Waals surface area contributed by atoms with Gasteiger partial charge in [0.05, 0.1) is 6.61 Å². The number of furan rings is 1. The topological polar surface area (TPSA) is 50.1 Å². The largest absolute Gasteiger partial charge is 0.543 e. The summed E-state index contributed by atoms with van der Waals surface area (Å²) in [7, 11) is -1.92. The predicted octanol–water partition coefficient (Wildman–Crippen LogP) is 6.77. The van der Waals surface area contributed by atoms with E-state index in [2.05, 4.69) is 74.6 Å². The molecule has 1 aromatic heterocycles. The highest BCUT2D eigenvalue weighted by molar-refractivity contribution is 6.74. The van der Waals surface area contributed by atoms with Crippen molar-refractivity contribution in [2.75, 3.05) is 6.61 Å². The molecule has 2 fully saturated rings. The van der Waals surface area contributed by atoms with Crippen LogP contribution < -0.4 is 4.43 Å². The van der Waals surface area contributed by atoms with E-state index in [0.717, 1.165) is 16.7 Å². The fraction of sp³-hybridized carbons (Fsp3) is 0.667. The lowest BCUT2D eigenvalue weighted by Gasteiger charge is -2.59. The summed E-state index contributed by atoms with van der Waals surface area (Å²) in [5, 5.41) is 1.11. The molecule has 0 saturated carbocycles. The van der Waals surface area contributed by atoms with Crippen LogP contribution in [0.4, 0.5) is 0 Å². The van der Waals surface area contributed by atoms with Gasteiger partial charge in [0, 0.05) is 16.2 Å². The fourth-order valence-corrected chi connectivity index (χ4v) is 5.91. The van der Waals surface area contributed by atoms with E-state index in [4.69, 9.17) is 23.4 Å². The number of fused-ring (bicyclic) bond motifs is 2. The van der Waals surface area contributed by atoms with Crippen LogP contribution in [0.15, 0.2) is 28.7 Å². The maximum Gasteiger partial charge on any atom is 0.293 e. The van der Waals surface area contributed by atoms with E-state index in [0.29, 0.717) is 12.4 Å². The van der Waals surface area contributed by atoms with E-state index < -0.39 is 19.7 Å². The first-order chi connectivity index (χ1) is 13.6. The van der Waals surface area contributed by atoms with E-state index in [1.807, 2.05) is 18.2 Å². The summed E-state index contributed by atoms with van der Waals surface area (Å²) in [4.78, 5) is 11.6. The van der Waals surface area contributed by atoms with Crippen molar-refractivity contribution in [2.45, 2.75) is 84.9 Å². The van der Waals surface area contributed by atoms with Gasteiger partial charge < -0.3 is 13.6 Å². The number of ether oxygens (including phenoxy) is 1. The summed E-state index contributed by atoms with van der Waals surface area (Å²) in [6.45, 7) is 22.6. The molecule has 2 aliphatic rings. The molecule has 0 amide bonds. The zero-order valence-corrected chi connectivity index (χ0v) is 21.1. The fourth-order valence-electron chi connectivity index (χ4n) is 4.88. The summed E-state index contributed by atoms with van der Waals surface area (Å²) in [6, 6.07) is 8.02. The van der Waals surface area contributed by atoms with Crippen molar-refractivity contribution < 1.29 is 23.4 Å². The van der Waals surface area contributed by atoms with Gasteiger partial charge in [-0.3, -0.25) is 0 Å². The lowest BCUT2D eigenvalue weighted by molar-refractivity contribution is -0.629. The molecule has 4 rings (SSSR count). The molecule has 2 unspecified atom stereocenters. The van der Waals surface area contributed by atoms with Crippen molar-refractivity contribution in [3.05, 3.63) is 30.0 Å². The smallest absolute Gasteiger partial charge is 0.293 e. The Morgan fingerprint density at radius 1 is 0.967 bits per heavy atom. The number of hydrogen-bond donors (Lipinski definition) is 0. The molecule has 2 aliphatic heterocycles. The van der Waals surface area contributed by atoms with Crippen LogP contribution in [-0.4, -0.2) is 20.5 Å². The van der Waals surface area contributed by atoms with Gasteiger partial charge in [-0.15, -0.1) is 0 Å². The third-order valence-corrected chi connectivity index (χ3v) is 11.7. The lowest BCUT2D eigenvalue weighted by Crippen LogP contribution is -2.72. The van der Waals surface area contributed by atoms with Crippen LogP contribution in [0.1, 0.15) is 61.2 Å². The second kappa shape index (κ2) is 6.12. The Balaban J connectivity index is 1.75. The van der Waals surface area contributed by atoms with Gasteiger partial charge in [-0.25, -0.2) is 4.89 Å². The average Bonchev–Trinajstić information content (AvgIpc) is 3.00. The van der Waals surface area contributed by atoms with Crippen LogP contribution in [0.25, 0.3) is 11.0 Å². The van der Waals surface area contributed by atoms with E-state index >= 15 is 0 Å². The standard InChI is InChI=1S/C24H36O5Si/c1-20(2,3)24-22(7,8)15-25-23(24,28-29-24)19-14-16-13-17(11-12-18(16)26-19)27-30(9,10)21(4,5)6/h11-14H,15H2,1-10H3. The van der Waals surface area contributed by atoms with Crippen LogP contribution >= 0.6 is 0 Å². The molecule has 0 spiro atoms. The van der Waals surface area contributed by atoms with Crippen LogP contribution in [0.2, 0.25) is 18.1 Å². The lowest BCUT2D eigenvalue weighted by atomic mass is 9.58. The Morgan fingerprint density at radius 2 is 1.63 bits per heavy atom. The second-order valence-corrected chi connectivity index (χ2v) is 16.8. The zero-order chi connectivity index (χ0) is 22.4. The predicted molar refractivity (Wildman–Crippen MR) is 120 cm³/mol. The van der Waals surface area contributed by atoms with Crippen LogP contribution in [-0.2, 0) is 20.3 Å². The third-order valence-electron chi connectivity index (χ3n) is 7.38. The Bertz CT molecular complexity index is 978. The van der Waals surface area contributed by atoms with Gasteiger partial charge >= 0.3 is 0 Å². The van der Waals surface area contributed by atoms with Gasteiger partial charge in [0.15, 0.2) is 11.4 Å². The van der Waals surface area contributed by atoms with Crippen LogP contribution in [0, 0.1) is 10.8 Å². The van der Waals surface area contributed by atoms with Crippen molar-refractivity contribution in [3.63, 3.8) is 0 Å². The van der Waals surface area contributed by atoms with Crippen LogP contribution in [0.5, 0.6) is 5.75 Å². The van der Waals surface area contributed by atoms with Crippen molar-refractivity contribution in [3.8, 4) is 5.75 Å². The van der Waals surface area contributed by atoms with Crippen molar-refractivity contribution in [2.24, 2.45) is 10.8 Å². The highest BCUT2D eigenvalue weighted by atomic mass is 28.4. The summed E-state index contributed by atoms with van der Waals surface area (Å²) in [5.74, 6) is 0.474. The Hall–Kier alpha value is -1.34. The Kier molecular flexibility index (Phi) is 4.46. The minimum absolute atomic E-state index is 0.134. The van der Waals surface area contributed by atoms with Gasteiger partial charge in [0.2, 0.25) is 8.32 Å². The van der Waals surface area contributed by atoms with Gasteiger partial charge in [-0.2, -0.15) is 4.89 Å². The molecule has 2 saturated heterocycles. The molecule has 5 nitrogen and oxygen atoms in total. The molecule has 166 valence electrons. The maximum atomic E-state index is 6.49. The van der Waals surface area contributed by atoms with E-state index in [9.17, 15) is 0 Å². The van der Waals surface area contributed by atoms with E-state index in [1.165, 1.54) is 0 Å². The van der Waals surface area contributed by atoms with Crippen molar-refractivity contribution >= 4 is 19.3 Å². The molecular formula is C24H36O5Si. The quantitative estimate of drug-likeness (QED) is 0.395. The van der Waals surface area contributed by atoms with Gasteiger partial charge in [-0.1, -0.05) is 55.4 Å². The molecule has 6 heteroatoms. The summed E-state index contributed by atoms with van der Waals surface area (Å²) in [6.07, 6.45) is 0. The minimum atomic E-state index is -1.92. The zero-order valence-electron chi connectivity index (χ0n) is 20.1. The molecule has 2 aromatic rings. The number of hydrogen-bond acceptors (Lipinski definition) is 5. The molecule has 0 bridgehead atoms. The molecule has 2 atom stereocenters. The molecule has 1 aromatic carbocycles. The van der Waals surface area contributed by atoms with E-state index in [1.54, 1.807) is 0 Å². The maximum absolute atomic E-state index is 6.49. The van der Waals surface area contributed by atoms with Crippen molar-refractivity contribution in [1.29, 1.82) is 0 Å². The van der Waals surface area contributed by atoms with Crippen molar-refractivity contribution in [1.82, 2.24) is 0 Å². The second-order valence-electron chi connectivity index (χ2n) is 12.1. The van der Waals surface area contributed by atoms with Crippen LogP contribution in [0.3, 0.4) is 0 Å². The molecular weight excluding hydrogens is 396 g/mol. The van der Waals surface area contributed by atoms with Gasteiger partial charge in [0.1, 0.15) is 11.3 Å². The molecule has 0 aliphatic carbocycles. The first kappa shape index (κ1) is 21.9. The normalized spacial score (nSPS) is 29.0. The monoisotopic (exact) mass is 432 g/mol. The Labute approximate surface area is 181 Å². The van der Waals surface area contributed by atoms with Gasteiger partial charge in [0.25, 0.3) is 5.79 Å². The van der Waals surface area contributed by atoms with Gasteiger partial charge in [-0.05, 0) is 42.4 Å². The molecule has 30 heavy (non-hydrogen) atoms. The Morgan fingerprint density at radius 3 is 2.17 bits per heavy atom. The molecule has 0 radical (unpaired) electrons. The number of benzene rings is 1. The summed E-state index contributed by atoms with van der Waals surface area (Å²) < 4.78 is 19.0. The first-order valence-corrected chi connectivity index (χ1v) is 13.7. The highest BCUT2D eigenvalue weighted by Crippen LogP contribution is 2.69. The molecule has 0 N–H and O–H groups in total. The highest BCUT2D eigenvalue weighted by Gasteiger charge is 2.82. The first-order valence-electron chi connectivity index (χ1n) is 10.8. The minimum Gasteiger partial charge on any atom is -0.543 e. The summed E-state index contributed by atoms with van der Waals surface area (Å²) >= 11 is 0. The third kappa shape index (κ3) is 2.70.